The Morgan fingerprint density at radius 2 is 2.30 bits per heavy atom. The van der Waals surface area contributed by atoms with Crippen molar-refractivity contribution in [1.29, 1.82) is 0 Å². The van der Waals surface area contributed by atoms with Crippen LogP contribution in [0.4, 0.5) is 5.82 Å². The van der Waals surface area contributed by atoms with E-state index in [9.17, 15) is 9.90 Å². The van der Waals surface area contributed by atoms with Gasteiger partial charge in [-0.3, -0.25) is 4.79 Å². The number of aliphatic hydroxyl groups is 1. The molecule has 0 aromatic carbocycles. The zero-order chi connectivity index (χ0) is 14.4. The number of piperidine rings is 1. The van der Waals surface area contributed by atoms with E-state index in [1.165, 1.54) is 0 Å². The number of aromatic nitrogens is 2. The van der Waals surface area contributed by atoms with Crippen LogP contribution in [0.2, 0.25) is 0 Å². The molecule has 0 radical (unpaired) electrons. The first-order valence-electron chi connectivity index (χ1n) is 7.25. The van der Waals surface area contributed by atoms with Gasteiger partial charge in [0.15, 0.2) is 5.69 Å². The molecule has 6 nitrogen and oxygen atoms in total. The summed E-state index contributed by atoms with van der Waals surface area (Å²) in [4.78, 5) is 14.1. The van der Waals surface area contributed by atoms with Gasteiger partial charge in [0, 0.05) is 13.1 Å². The van der Waals surface area contributed by atoms with Crippen molar-refractivity contribution in [2.45, 2.75) is 38.6 Å². The molecule has 1 unspecified atom stereocenters. The van der Waals surface area contributed by atoms with Crippen LogP contribution >= 0.6 is 0 Å². The van der Waals surface area contributed by atoms with Crippen molar-refractivity contribution in [1.82, 2.24) is 15.1 Å². The Balaban J connectivity index is 2.04. The van der Waals surface area contributed by atoms with E-state index in [0.717, 1.165) is 32.2 Å². The largest absolute Gasteiger partial charge is 0.394 e. The van der Waals surface area contributed by atoms with Gasteiger partial charge in [-0.1, -0.05) is 6.92 Å². The van der Waals surface area contributed by atoms with Gasteiger partial charge in [-0.25, -0.2) is 0 Å². The van der Waals surface area contributed by atoms with Crippen molar-refractivity contribution in [2.75, 3.05) is 25.0 Å². The van der Waals surface area contributed by atoms with Crippen LogP contribution in [0.5, 0.6) is 0 Å². The minimum atomic E-state index is -0.140. The predicted molar refractivity (Wildman–Crippen MR) is 76.6 cm³/mol. The zero-order valence-corrected chi connectivity index (χ0v) is 11.9. The maximum atomic E-state index is 12.4. The molecule has 1 aromatic heterocycles. The van der Waals surface area contributed by atoms with Gasteiger partial charge < -0.3 is 15.3 Å². The second-order valence-electron chi connectivity index (χ2n) is 5.06. The third-order valence-electron chi connectivity index (χ3n) is 3.54. The number of carbonyl (C=O) groups is 1. The van der Waals surface area contributed by atoms with E-state index in [4.69, 9.17) is 0 Å². The molecule has 20 heavy (non-hydrogen) atoms. The summed E-state index contributed by atoms with van der Waals surface area (Å²) in [6.45, 7) is 3.60. The summed E-state index contributed by atoms with van der Waals surface area (Å²) in [5.74, 6) is 0.541. The van der Waals surface area contributed by atoms with E-state index >= 15 is 0 Å². The molecule has 1 atom stereocenters. The highest BCUT2D eigenvalue weighted by atomic mass is 16.3. The molecule has 1 saturated heterocycles. The molecular weight excluding hydrogens is 256 g/mol. The van der Waals surface area contributed by atoms with Gasteiger partial charge in [-0.2, -0.15) is 0 Å². The fourth-order valence-corrected chi connectivity index (χ4v) is 2.40. The van der Waals surface area contributed by atoms with Crippen LogP contribution in [0, 0.1) is 0 Å². The lowest BCUT2D eigenvalue weighted by molar-refractivity contribution is 0.0496. The minimum absolute atomic E-state index is 0.00923. The monoisotopic (exact) mass is 278 g/mol. The topological polar surface area (TPSA) is 78.4 Å². The summed E-state index contributed by atoms with van der Waals surface area (Å²) in [6.07, 6.45) is 3.90. The average Bonchev–Trinajstić information content (AvgIpc) is 2.52. The molecule has 2 rings (SSSR count). The highest BCUT2D eigenvalue weighted by Crippen LogP contribution is 2.18. The highest BCUT2D eigenvalue weighted by Gasteiger charge is 2.27. The van der Waals surface area contributed by atoms with Crippen LogP contribution in [0.3, 0.4) is 0 Å². The summed E-state index contributed by atoms with van der Waals surface area (Å²) in [5.41, 5.74) is 0.340. The summed E-state index contributed by atoms with van der Waals surface area (Å²) in [6, 6.07) is 3.38. The third kappa shape index (κ3) is 3.45. The number of nitrogens with zero attached hydrogens (tertiary/aromatic N) is 3. The standard InChI is InChI=1S/C14H22N4O2/c1-2-8-15-13-7-6-12(16-17-13)14(20)18-9-4-3-5-11(18)10-19/h6-7,11,19H,2-5,8-10H2,1H3,(H,15,17). The van der Waals surface area contributed by atoms with Crippen molar-refractivity contribution >= 4 is 11.7 Å². The molecule has 1 amide bonds. The summed E-state index contributed by atoms with van der Waals surface area (Å²) < 4.78 is 0. The average molecular weight is 278 g/mol. The van der Waals surface area contributed by atoms with E-state index in [0.29, 0.717) is 18.1 Å². The van der Waals surface area contributed by atoms with Gasteiger partial charge in [-0.15, -0.1) is 10.2 Å². The highest BCUT2D eigenvalue weighted by molar-refractivity contribution is 5.92. The van der Waals surface area contributed by atoms with Gasteiger partial charge in [0.25, 0.3) is 5.91 Å². The number of aliphatic hydroxyl groups excluding tert-OH is 1. The predicted octanol–water partition coefficient (Wildman–Crippen LogP) is 1.29. The second kappa shape index (κ2) is 7.19. The van der Waals surface area contributed by atoms with Gasteiger partial charge in [-0.05, 0) is 37.8 Å². The van der Waals surface area contributed by atoms with Crippen LogP contribution in [-0.4, -0.2) is 51.8 Å². The molecule has 1 aliphatic heterocycles. The molecule has 2 N–H and O–H groups in total. The smallest absolute Gasteiger partial charge is 0.274 e. The Morgan fingerprint density at radius 1 is 1.45 bits per heavy atom. The Morgan fingerprint density at radius 3 is 2.95 bits per heavy atom. The normalized spacial score (nSPS) is 18.9. The summed E-state index contributed by atoms with van der Waals surface area (Å²) in [7, 11) is 0. The Hall–Kier alpha value is -1.69. The summed E-state index contributed by atoms with van der Waals surface area (Å²) >= 11 is 0. The van der Waals surface area contributed by atoms with Crippen LogP contribution in [0.1, 0.15) is 43.1 Å². The number of carbonyl (C=O) groups excluding carboxylic acids is 1. The quantitative estimate of drug-likeness (QED) is 0.848. The first-order chi connectivity index (χ1) is 9.76. The maximum Gasteiger partial charge on any atom is 0.274 e. The fourth-order valence-electron chi connectivity index (χ4n) is 2.40. The Bertz CT molecular complexity index is 435. The Kier molecular flexibility index (Phi) is 5.29. The lowest BCUT2D eigenvalue weighted by Gasteiger charge is -2.34. The number of hydrogen-bond acceptors (Lipinski definition) is 5. The summed E-state index contributed by atoms with van der Waals surface area (Å²) in [5, 5.41) is 20.5. The van der Waals surface area contributed by atoms with E-state index in [2.05, 4.69) is 22.4 Å². The third-order valence-corrected chi connectivity index (χ3v) is 3.54. The van der Waals surface area contributed by atoms with Crippen molar-refractivity contribution in [3.63, 3.8) is 0 Å². The van der Waals surface area contributed by atoms with E-state index < -0.39 is 0 Å². The van der Waals surface area contributed by atoms with E-state index in [-0.39, 0.29) is 18.6 Å². The molecule has 2 heterocycles. The number of nitrogens with one attached hydrogen (secondary N) is 1. The molecule has 1 aromatic rings. The van der Waals surface area contributed by atoms with Gasteiger partial charge in [0.05, 0.1) is 12.6 Å². The molecule has 0 bridgehead atoms. The molecule has 6 heteroatoms. The van der Waals surface area contributed by atoms with E-state index in [1.807, 2.05) is 0 Å². The number of likely N-dealkylation sites (tertiary alicyclic amines) is 1. The SMILES string of the molecule is CCCNc1ccc(C(=O)N2CCCCC2CO)nn1. The van der Waals surface area contributed by atoms with Crippen molar-refractivity contribution < 1.29 is 9.90 Å². The van der Waals surface area contributed by atoms with Gasteiger partial charge in [0.2, 0.25) is 0 Å². The van der Waals surface area contributed by atoms with Crippen LogP contribution in [-0.2, 0) is 0 Å². The zero-order valence-electron chi connectivity index (χ0n) is 11.9. The molecule has 0 spiro atoms. The van der Waals surface area contributed by atoms with Crippen molar-refractivity contribution in [3.8, 4) is 0 Å². The van der Waals surface area contributed by atoms with Crippen LogP contribution in [0.15, 0.2) is 12.1 Å². The number of rotatable bonds is 5. The number of amides is 1. The van der Waals surface area contributed by atoms with Crippen LogP contribution in [0.25, 0.3) is 0 Å². The lowest BCUT2D eigenvalue weighted by atomic mass is 10.0. The minimum Gasteiger partial charge on any atom is -0.394 e. The molecule has 1 fully saturated rings. The van der Waals surface area contributed by atoms with Crippen molar-refractivity contribution in [2.24, 2.45) is 0 Å². The number of hydrogen-bond donors (Lipinski definition) is 2. The molecule has 0 saturated carbocycles. The molecule has 0 aliphatic carbocycles. The van der Waals surface area contributed by atoms with E-state index in [1.54, 1.807) is 17.0 Å². The molecule has 110 valence electrons. The lowest BCUT2D eigenvalue weighted by Crippen LogP contribution is -2.45. The maximum absolute atomic E-state index is 12.4. The Labute approximate surface area is 119 Å². The first-order valence-corrected chi connectivity index (χ1v) is 7.25. The second-order valence-corrected chi connectivity index (χ2v) is 5.06. The molecular formula is C14H22N4O2. The first kappa shape index (κ1) is 14.7. The van der Waals surface area contributed by atoms with Gasteiger partial charge in [0.1, 0.15) is 5.82 Å². The fraction of sp³-hybridized carbons (Fsp3) is 0.643. The van der Waals surface area contributed by atoms with Gasteiger partial charge >= 0.3 is 0 Å². The van der Waals surface area contributed by atoms with Crippen molar-refractivity contribution in [3.05, 3.63) is 17.8 Å². The number of anilines is 1. The molecule has 1 aliphatic rings. The van der Waals surface area contributed by atoms with Crippen LogP contribution < -0.4 is 5.32 Å².